The van der Waals surface area contributed by atoms with Gasteiger partial charge in [0.15, 0.2) is 29.1 Å². The third-order valence-electron chi connectivity index (χ3n) is 15.4. The molecule has 4 fully saturated rings. The molecule has 3 saturated carbocycles. The number of Topliss-reactive ketones (excluding diaryl/α,β-unsaturated/α-hetero) is 3. The number of halogens is 3. The lowest BCUT2D eigenvalue weighted by Gasteiger charge is -2.63. The monoisotopic (exact) mass is 995 g/mol. The Hall–Kier alpha value is -4.51. The zero-order valence-electron chi connectivity index (χ0n) is 39.6. The van der Waals surface area contributed by atoms with E-state index >= 15 is 8.78 Å². The van der Waals surface area contributed by atoms with Crippen LogP contribution in [0.2, 0.25) is 0 Å². The number of thioether (sulfide) groups is 2. The van der Waals surface area contributed by atoms with Gasteiger partial charge in [-0.3, -0.25) is 28.8 Å². The Balaban J connectivity index is 0.00000254. The van der Waals surface area contributed by atoms with E-state index in [0.29, 0.717) is 36.6 Å². The highest BCUT2D eigenvalue weighted by Crippen LogP contribution is 2.73. The van der Waals surface area contributed by atoms with Crippen LogP contribution in [-0.4, -0.2) is 98.6 Å². The molecule has 372 valence electrons. The van der Waals surface area contributed by atoms with Gasteiger partial charge in [-0.05, 0) is 99.5 Å². The fourth-order valence-electron chi connectivity index (χ4n) is 11.6. The van der Waals surface area contributed by atoms with Crippen molar-refractivity contribution in [1.82, 2.24) is 5.32 Å². The van der Waals surface area contributed by atoms with E-state index in [1.807, 2.05) is 61.7 Å². The van der Waals surface area contributed by atoms with E-state index in [-0.39, 0.29) is 78.8 Å². The number of hydrogen-bond acceptors (Lipinski definition) is 13. The summed E-state index contributed by atoms with van der Waals surface area (Å²) in [5.41, 5.74) is -3.80. The summed E-state index contributed by atoms with van der Waals surface area (Å²) >= 11 is 1.90. The summed E-state index contributed by atoms with van der Waals surface area (Å²) in [5, 5.41) is 13.8. The first kappa shape index (κ1) is 53.8. The summed E-state index contributed by atoms with van der Waals surface area (Å²) in [5.74, 6) is -3.39. The van der Waals surface area contributed by atoms with E-state index in [4.69, 9.17) is 19.1 Å². The molecule has 0 bridgehead atoms. The van der Waals surface area contributed by atoms with Gasteiger partial charge in [0.05, 0.1) is 23.5 Å². The third kappa shape index (κ3) is 10.3. The number of ether oxygens (including phenoxy) is 2. The van der Waals surface area contributed by atoms with Crippen LogP contribution in [0.15, 0.2) is 72.3 Å². The minimum Gasteiger partial charge on any atom is -0.390 e. The quantitative estimate of drug-likeness (QED) is 0.148. The van der Waals surface area contributed by atoms with E-state index < -0.39 is 87.5 Å². The van der Waals surface area contributed by atoms with Crippen LogP contribution in [0.25, 0.3) is 0 Å². The lowest BCUT2D eigenvalue weighted by Crippen LogP contribution is -2.70. The topological polar surface area (TPSA) is 187 Å². The number of aliphatic hydroxyl groups excluding tert-OH is 1. The minimum absolute atomic E-state index is 0.00289. The molecule has 1 unspecified atom stereocenters. The Kier molecular flexibility index (Phi) is 17.1. The van der Waals surface area contributed by atoms with Crippen molar-refractivity contribution in [2.75, 3.05) is 12.3 Å². The second-order valence-corrected chi connectivity index (χ2v) is 21.5. The summed E-state index contributed by atoms with van der Waals surface area (Å²) in [6.45, 7) is 8.35. The fourth-order valence-corrected chi connectivity index (χ4v) is 12.7. The summed E-state index contributed by atoms with van der Waals surface area (Å²) in [6, 6.07) is 13.1. The number of ketones is 4. The van der Waals surface area contributed by atoms with E-state index in [1.165, 1.54) is 30.8 Å². The summed E-state index contributed by atoms with van der Waals surface area (Å²) < 4.78 is 60.9. The molecule has 2 aromatic carbocycles. The maximum absolute atomic E-state index is 17.8. The van der Waals surface area contributed by atoms with Gasteiger partial charge < -0.3 is 19.9 Å². The smallest absolute Gasteiger partial charge is 0.373 e. The van der Waals surface area contributed by atoms with Crippen LogP contribution in [-0.2, 0) is 60.7 Å². The van der Waals surface area contributed by atoms with Gasteiger partial charge in [0.1, 0.15) is 23.7 Å². The molecule has 0 aromatic heterocycles. The lowest BCUT2D eigenvalue weighted by atomic mass is 9.44. The second-order valence-electron chi connectivity index (χ2n) is 19.5. The van der Waals surface area contributed by atoms with Crippen LogP contribution in [0.3, 0.4) is 0 Å². The lowest BCUT2D eigenvalue weighted by molar-refractivity contribution is -0.232. The van der Waals surface area contributed by atoms with Crippen LogP contribution < -0.4 is 5.32 Å². The Morgan fingerprint density at radius 1 is 0.957 bits per heavy atom. The normalized spacial score (nSPS) is 32.0. The molecule has 2 N–H and O–H groups in total. The van der Waals surface area contributed by atoms with E-state index in [2.05, 4.69) is 5.32 Å². The molecule has 0 radical (unpaired) electrons. The van der Waals surface area contributed by atoms with Crippen LogP contribution in [0, 0.1) is 28.6 Å². The zero-order chi connectivity index (χ0) is 50.6. The Morgan fingerprint density at radius 3 is 2.30 bits per heavy atom. The molecule has 13 atom stereocenters. The first-order valence-corrected chi connectivity index (χ1v) is 25.5. The van der Waals surface area contributed by atoms with Crippen LogP contribution >= 0.6 is 23.5 Å². The van der Waals surface area contributed by atoms with E-state index in [0.717, 1.165) is 22.8 Å². The predicted molar refractivity (Wildman–Crippen MR) is 252 cm³/mol. The van der Waals surface area contributed by atoms with Crippen molar-refractivity contribution in [2.24, 2.45) is 28.6 Å². The molecule has 1 saturated heterocycles. The van der Waals surface area contributed by atoms with Crippen LogP contribution in [0.1, 0.15) is 108 Å². The Morgan fingerprint density at radius 2 is 1.64 bits per heavy atom. The molecule has 17 heteroatoms. The highest BCUT2D eigenvalue weighted by Gasteiger charge is 2.80. The van der Waals surface area contributed by atoms with Gasteiger partial charge in [0.25, 0.3) is 0 Å². The first-order chi connectivity index (χ1) is 32.6. The average molecular weight is 996 g/mol. The molecular weight excluding hydrogens is 936 g/mol. The molecule has 5 aliphatic rings. The van der Waals surface area contributed by atoms with Gasteiger partial charge in [-0.15, -0.1) is 0 Å². The zero-order valence-corrected chi connectivity index (χ0v) is 41.2. The van der Waals surface area contributed by atoms with E-state index in [9.17, 15) is 38.3 Å². The van der Waals surface area contributed by atoms with E-state index in [1.54, 1.807) is 20.8 Å². The number of benzene rings is 2. The Bertz CT molecular complexity index is 2410. The van der Waals surface area contributed by atoms with Crippen molar-refractivity contribution in [2.45, 2.75) is 140 Å². The van der Waals surface area contributed by atoms with Crippen LogP contribution in [0.4, 0.5) is 13.2 Å². The Labute approximate surface area is 408 Å². The number of alkyl halides is 3. The molecular formula is C52H60F3NO11S2. The van der Waals surface area contributed by atoms with Crippen molar-refractivity contribution < 1.29 is 66.1 Å². The van der Waals surface area contributed by atoms with Gasteiger partial charge >= 0.3 is 6.15 Å². The average Bonchev–Trinajstić information content (AvgIpc) is 3.81. The summed E-state index contributed by atoms with van der Waals surface area (Å²) in [7, 11) is 0. The molecule has 1 amide bonds. The number of nitrogens with one attached hydrogen (secondary N) is 1. The van der Waals surface area contributed by atoms with Crippen LogP contribution in [0.5, 0.6) is 0 Å². The van der Waals surface area contributed by atoms with Crippen molar-refractivity contribution >= 4 is 63.8 Å². The van der Waals surface area contributed by atoms with Gasteiger partial charge in [-0.25, -0.2) is 13.2 Å². The molecule has 12 nitrogen and oxygen atoms in total. The van der Waals surface area contributed by atoms with Crippen molar-refractivity contribution in [1.29, 1.82) is 0 Å². The van der Waals surface area contributed by atoms with Crippen molar-refractivity contribution in [3.8, 4) is 0 Å². The van der Waals surface area contributed by atoms with Gasteiger partial charge in [0, 0.05) is 53.9 Å². The molecule has 1 aliphatic heterocycles. The number of carbonyl (C=O) groups excluding carboxylic acids is 8. The fraction of sp³-hybridized carbons (Fsp3) is 0.558. The highest BCUT2D eigenvalue weighted by molar-refractivity contribution is 8.13. The number of fused-ring (bicyclic) bond motifs is 7. The molecule has 4 aliphatic carbocycles. The molecule has 1 heterocycles. The maximum atomic E-state index is 17.8. The van der Waals surface area contributed by atoms with Gasteiger partial charge in [0.2, 0.25) is 11.0 Å². The number of allylic oxidation sites excluding steroid dienone is 4. The standard InChI is InChI=1S/C51H60F3NO9S2.CO2/c1-28(19-35(56)11-8-12-41(58)30(3)65-6)45(61)55-29(2)42(59)22-33-10-7-9-32(21-33)20-31-13-15-34(16-14-31)46-63-44-25-37-38-24-40(53)39-23-36(57)17-18-48(39,4)50(38,54)43(60)26-49(37,5)51(44,64-46)47(62)66-27-52;2-1-3/h7,9-10,13-18,21,23,28-30,37-38,40,43-44,46,60H,8,11-12,19-20,22,24-27H2,1-6H3,(H,55,61);/t28-,29+,30?,37+,38+,40+,43+,44-,46-,48+,49+,50+,51+;/m1./s1. The highest BCUT2D eigenvalue weighted by atomic mass is 32.2. The summed E-state index contributed by atoms with van der Waals surface area (Å²) in [4.78, 5) is 93.3. The maximum Gasteiger partial charge on any atom is 0.373 e. The number of amides is 1. The largest absolute Gasteiger partial charge is 0.390 e. The summed E-state index contributed by atoms with van der Waals surface area (Å²) in [6.07, 6.45) is 1.68. The number of hydrogen-bond donors (Lipinski definition) is 2. The molecule has 69 heavy (non-hydrogen) atoms. The SMILES string of the molecule is CSC(C)C(=O)CCCC(=O)C[C@@H](C)C(=O)N[C@@H](C)C(=O)Cc1cccc(Cc2ccc([C@@H]3O[C@@H]4C[C@H]5[C@@H]6C[C@H](F)C7=CC(=O)C=C[C@]7(C)[C@@]6(F)[C@@H](O)C[C@]5(C)[C@]4(C(=O)SCF)O3)cc2)c1.O=C=O. The van der Waals surface area contributed by atoms with Crippen molar-refractivity contribution in [3.05, 3.63) is 94.6 Å². The molecule has 7 rings (SSSR count). The van der Waals surface area contributed by atoms with Gasteiger partial charge in [-0.1, -0.05) is 80.2 Å². The minimum atomic E-state index is -2.36. The third-order valence-corrected chi connectivity index (χ3v) is 17.0. The molecule has 2 aromatic rings. The van der Waals surface area contributed by atoms with Crippen molar-refractivity contribution in [3.63, 3.8) is 0 Å². The number of rotatable bonds is 18. The molecule has 0 spiro atoms. The number of carbonyl (C=O) groups is 6. The first-order valence-electron chi connectivity index (χ1n) is 23.2. The predicted octanol–water partition coefficient (Wildman–Crippen LogP) is 7.66. The second kappa shape index (κ2) is 21.9. The van der Waals surface area contributed by atoms with Gasteiger partial charge in [-0.2, -0.15) is 21.4 Å². The number of aliphatic hydroxyl groups is 1.